The third-order valence-corrected chi connectivity index (χ3v) is 5.78. The minimum atomic E-state index is 0.0672. The molecule has 2 aliphatic rings. The van der Waals surface area contributed by atoms with Gasteiger partial charge in [0.05, 0.1) is 10.0 Å². The fourth-order valence-corrected chi connectivity index (χ4v) is 3.87. The molecule has 0 bridgehead atoms. The molecule has 3 N–H and O–H groups in total. The van der Waals surface area contributed by atoms with Crippen LogP contribution in [0.15, 0.2) is 18.2 Å². The second-order valence-corrected chi connectivity index (χ2v) is 7.33. The fourth-order valence-electron chi connectivity index (χ4n) is 3.57. The smallest absolute Gasteiger partial charge is 0.223 e. The molecule has 2 fully saturated rings. The number of carbonyl (C=O) groups excluding carboxylic acids is 1. The standard InChI is InChI=1S/C17H22Cl2N2O/c18-14-6-5-10(7-15(14)19)12-8-13(12)17(22)21-16-4-2-1-3-11(16)9-20/h5-7,11-13,16H,1-4,8-9,20H2,(H,21,22). The van der Waals surface area contributed by atoms with Crippen molar-refractivity contribution < 1.29 is 4.79 Å². The van der Waals surface area contributed by atoms with E-state index in [0.29, 0.717) is 22.5 Å². The van der Waals surface area contributed by atoms with Gasteiger partial charge in [-0.05, 0) is 55.3 Å². The molecule has 4 atom stereocenters. The minimum Gasteiger partial charge on any atom is -0.353 e. The summed E-state index contributed by atoms with van der Waals surface area (Å²) in [4.78, 5) is 12.5. The number of rotatable bonds is 4. The lowest BCUT2D eigenvalue weighted by molar-refractivity contribution is -0.123. The molecular formula is C17H22Cl2N2O. The van der Waals surface area contributed by atoms with E-state index in [0.717, 1.165) is 24.8 Å². The molecule has 120 valence electrons. The zero-order valence-electron chi connectivity index (χ0n) is 12.5. The minimum absolute atomic E-state index is 0.0672. The molecule has 1 amide bonds. The van der Waals surface area contributed by atoms with Crippen molar-refractivity contribution in [2.24, 2.45) is 17.6 Å². The number of carbonyl (C=O) groups is 1. The maximum Gasteiger partial charge on any atom is 0.223 e. The van der Waals surface area contributed by atoms with Gasteiger partial charge in [-0.2, -0.15) is 0 Å². The second-order valence-electron chi connectivity index (χ2n) is 6.52. The Hall–Kier alpha value is -0.770. The Morgan fingerprint density at radius 3 is 2.73 bits per heavy atom. The lowest BCUT2D eigenvalue weighted by Gasteiger charge is -2.31. The SMILES string of the molecule is NCC1CCCCC1NC(=O)C1CC1c1ccc(Cl)c(Cl)c1. The van der Waals surface area contributed by atoms with E-state index in [1.807, 2.05) is 12.1 Å². The van der Waals surface area contributed by atoms with E-state index in [4.69, 9.17) is 28.9 Å². The molecule has 0 aromatic heterocycles. The highest BCUT2D eigenvalue weighted by Crippen LogP contribution is 2.48. The highest BCUT2D eigenvalue weighted by Gasteiger charge is 2.45. The van der Waals surface area contributed by atoms with Gasteiger partial charge in [-0.3, -0.25) is 4.79 Å². The van der Waals surface area contributed by atoms with Crippen molar-refractivity contribution >= 4 is 29.1 Å². The van der Waals surface area contributed by atoms with Gasteiger partial charge in [0.1, 0.15) is 0 Å². The number of benzene rings is 1. The first-order valence-electron chi connectivity index (χ1n) is 8.05. The van der Waals surface area contributed by atoms with Crippen LogP contribution in [0.5, 0.6) is 0 Å². The molecule has 1 aromatic carbocycles. The van der Waals surface area contributed by atoms with E-state index in [-0.39, 0.29) is 23.8 Å². The van der Waals surface area contributed by atoms with Crippen LogP contribution in [0.1, 0.15) is 43.6 Å². The Kier molecular flexibility index (Phi) is 4.96. The normalized spacial score (nSPS) is 30.9. The summed E-state index contributed by atoms with van der Waals surface area (Å²) in [7, 11) is 0. The fraction of sp³-hybridized carbons (Fsp3) is 0.588. The Bertz CT molecular complexity index is 564. The van der Waals surface area contributed by atoms with E-state index in [9.17, 15) is 4.79 Å². The first kappa shape index (κ1) is 16.1. The first-order valence-corrected chi connectivity index (χ1v) is 8.81. The summed E-state index contributed by atoms with van der Waals surface area (Å²) in [6.45, 7) is 0.659. The second kappa shape index (κ2) is 6.77. The monoisotopic (exact) mass is 340 g/mol. The third kappa shape index (κ3) is 3.42. The van der Waals surface area contributed by atoms with Gasteiger partial charge in [0.25, 0.3) is 0 Å². The Morgan fingerprint density at radius 2 is 2.00 bits per heavy atom. The summed E-state index contributed by atoms with van der Waals surface area (Å²) in [5, 5.41) is 4.34. The Balaban J connectivity index is 1.59. The number of nitrogens with two attached hydrogens (primary N) is 1. The lowest BCUT2D eigenvalue weighted by atomic mass is 9.84. The Morgan fingerprint density at radius 1 is 1.23 bits per heavy atom. The van der Waals surface area contributed by atoms with Crippen LogP contribution in [0.2, 0.25) is 10.0 Å². The Labute approximate surface area is 141 Å². The van der Waals surface area contributed by atoms with Gasteiger partial charge in [0.2, 0.25) is 5.91 Å². The summed E-state index contributed by atoms with van der Waals surface area (Å²) in [6, 6.07) is 5.90. The van der Waals surface area contributed by atoms with Gasteiger partial charge in [0, 0.05) is 12.0 Å². The summed E-state index contributed by atoms with van der Waals surface area (Å²) < 4.78 is 0. The number of hydrogen-bond donors (Lipinski definition) is 2. The van der Waals surface area contributed by atoms with Crippen molar-refractivity contribution in [2.45, 2.75) is 44.1 Å². The zero-order valence-corrected chi connectivity index (χ0v) is 14.0. The zero-order chi connectivity index (χ0) is 15.7. The number of hydrogen-bond acceptors (Lipinski definition) is 2. The van der Waals surface area contributed by atoms with Crippen molar-refractivity contribution in [2.75, 3.05) is 6.54 Å². The molecule has 3 nitrogen and oxygen atoms in total. The molecule has 0 radical (unpaired) electrons. The van der Waals surface area contributed by atoms with Crippen molar-refractivity contribution in [3.05, 3.63) is 33.8 Å². The number of amides is 1. The molecule has 2 aliphatic carbocycles. The van der Waals surface area contributed by atoms with Gasteiger partial charge in [0.15, 0.2) is 0 Å². The van der Waals surface area contributed by atoms with Gasteiger partial charge in [-0.15, -0.1) is 0 Å². The van der Waals surface area contributed by atoms with Gasteiger partial charge in [-0.1, -0.05) is 42.1 Å². The molecule has 22 heavy (non-hydrogen) atoms. The molecule has 1 aromatic rings. The molecule has 4 unspecified atom stereocenters. The van der Waals surface area contributed by atoms with Crippen molar-refractivity contribution in [3.8, 4) is 0 Å². The number of halogens is 2. The summed E-state index contributed by atoms with van der Waals surface area (Å²) >= 11 is 12.0. The largest absolute Gasteiger partial charge is 0.353 e. The van der Waals surface area contributed by atoms with Crippen molar-refractivity contribution in [1.82, 2.24) is 5.32 Å². The molecule has 0 heterocycles. The molecule has 2 saturated carbocycles. The van der Waals surface area contributed by atoms with Crippen LogP contribution < -0.4 is 11.1 Å². The molecule has 3 rings (SSSR count). The molecular weight excluding hydrogens is 319 g/mol. The highest BCUT2D eigenvalue weighted by molar-refractivity contribution is 6.42. The van der Waals surface area contributed by atoms with Crippen LogP contribution in [0, 0.1) is 11.8 Å². The van der Waals surface area contributed by atoms with E-state index in [1.54, 1.807) is 6.07 Å². The van der Waals surface area contributed by atoms with E-state index in [1.165, 1.54) is 12.8 Å². The van der Waals surface area contributed by atoms with Gasteiger partial charge < -0.3 is 11.1 Å². The lowest BCUT2D eigenvalue weighted by Crippen LogP contribution is -2.45. The van der Waals surface area contributed by atoms with Gasteiger partial charge in [-0.25, -0.2) is 0 Å². The predicted molar refractivity (Wildman–Crippen MR) is 90.3 cm³/mol. The topological polar surface area (TPSA) is 55.1 Å². The van der Waals surface area contributed by atoms with E-state index >= 15 is 0 Å². The average Bonchev–Trinajstić information content (AvgIpc) is 3.31. The molecule has 0 aliphatic heterocycles. The summed E-state index contributed by atoms with van der Waals surface area (Å²) in [5.41, 5.74) is 6.94. The van der Waals surface area contributed by atoms with Crippen LogP contribution in [-0.4, -0.2) is 18.5 Å². The molecule has 5 heteroatoms. The van der Waals surface area contributed by atoms with Crippen LogP contribution in [0.3, 0.4) is 0 Å². The summed E-state index contributed by atoms with van der Waals surface area (Å²) in [5.74, 6) is 0.938. The maximum atomic E-state index is 12.5. The first-order chi connectivity index (χ1) is 10.6. The number of nitrogens with one attached hydrogen (secondary N) is 1. The quantitative estimate of drug-likeness (QED) is 0.877. The highest BCUT2D eigenvalue weighted by atomic mass is 35.5. The molecule has 0 spiro atoms. The maximum absolute atomic E-state index is 12.5. The van der Waals surface area contributed by atoms with E-state index < -0.39 is 0 Å². The third-order valence-electron chi connectivity index (χ3n) is 5.04. The van der Waals surface area contributed by atoms with Crippen LogP contribution in [-0.2, 0) is 4.79 Å². The van der Waals surface area contributed by atoms with Crippen LogP contribution in [0.25, 0.3) is 0 Å². The van der Waals surface area contributed by atoms with Crippen molar-refractivity contribution in [1.29, 1.82) is 0 Å². The van der Waals surface area contributed by atoms with Gasteiger partial charge >= 0.3 is 0 Å². The van der Waals surface area contributed by atoms with Crippen molar-refractivity contribution in [3.63, 3.8) is 0 Å². The van der Waals surface area contributed by atoms with Crippen LogP contribution >= 0.6 is 23.2 Å². The average molecular weight is 341 g/mol. The van der Waals surface area contributed by atoms with E-state index in [2.05, 4.69) is 5.32 Å². The molecule has 0 saturated heterocycles. The summed E-state index contributed by atoms with van der Waals surface area (Å²) in [6.07, 6.45) is 5.48. The predicted octanol–water partition coefficient (Wildman–Crippen LogP) is 3.73. The van der Waals surface area contributed by atoms with Crippen LogP contribution in [0.4, 0.5) is 0 Å².